The molecule has 2 aromatic rings. The molecule has 5 heteroatoms. The van der Waals surface area contributed by atoms with Crippen molar-refractivity contribution in [1.82, 2.24) is 0 Å². The average Bonchev–Trinajstić information content (AvgIpc) is 2.61. The number of benzene rings is 2. The van der Waals surface area contributed by atoms with Gasteiger partial charge in [0.05, 0.1) is 24.8 Å². The Morgan fingerprint density at radius 3 is 2.72 bits per heavy atom. The molecule has 1 unspecified atom stereocenters. The lowest BCUT2D eigenvalue weighted by Gasteiger charge is -2.40. The predicted octanol–water partition coefficient (Wildman–Crippen LogP) is 3.77. The number of carboxylic acid groups (broad SMARTS) is 1. The summed E-state index contributed by atoms with van der Waals surface area (Å²) in [4.78, 5) is 10.9. The number of ether oxygens (including phenoxy) is 1. The third kappa shape index (κ3) is 3.40. The van der Waals surface area contributed by atoms with Crippen LogP contribution in [0.25, 0.3) is 0 Å². The van der Waals surface area contributed by atoms with E-state index in [1.807, 2.05) is 12.1 Å². The standard InChI is InChI=1S/C20H18FNO3/c21-17-6-4-16(5-7-17)20(9-1-2-19(23)24)13-25-12-15-10-14(11-22)3-8-18(15)20/h3-8,10H,1-2,9,12-13H2,(H,23,24). The van der Waals surface area contributed by atoms with Crippen LogP contribution in [0.1, 0.15) is 41.5 Å². The Labute approximate surface area is 145 Å². The molecule has 25 heavy (non-hydrogen) atoms. The van der Waals surface area contributed by atoms with Gasteiger partial charge in [-0.2, -0.15) is 5.26 Å². The summed E-state index contributed by atoms with van der Waals surface area (Å²) in [6.45, 7) is 0.809. The molecule has 0 saturated carbocycles. The van der Waals surface area contributed by atoms with Crippen LogP contribution in [-0.2, 0) is 21.6 Å². The van der Waals surface area contributed by atoms with Gasteiger partial charge in [-0.15, -0.1) is 0 Å². The molecule has 1 N–H and O–H groups in total. The van der Waals surface area contributed by atoms with E-state index in [1.54, 1.807) is 18.2 Å². The maximum atomic E-state index is 13.4. The summed E-state index contributed by atoms with van der Waals surface area (Å²) in [6.07, 6.45) is 1.12. The number of nitrogens with zero attached hydrogens (tertiary/aromatic N) is 1. The van der Waals surface area contributed by atoms with E-state index >= 15 is 0 Å². The van der Waals surface area contributed by atoms with Gasteiger partial charge in [0.1, 0.15) is 5.82 Å². The summed E-state index contributed by atoms with van der Waals surface area (Å²) >= 11 is 0. The van der Waals surface area contributed by atoms with Crippen LogP contribution in [0.4, 0.5) is 4.39 Å². The molecule has 3 rings (SSSR count). The van der Waals surface area contributed by atoms with Crippen molar-refractivity contribution in [1.29, 1.82) is 5.26 Å². The number of nitriles is 1. The summed E-state index contributed by atoms with van der Waals surface area (Å²) in [5.74, 6) is -1.16. The van der Waals surface area contributed by atoms with Gasteiger partial charge in [-0.1, -0.05) is 18.2 Å². The Bertz CT molecular complexity index is 826. The minimum absolute atomic E-state index is 0.0640. The minimum Gasteiger partial charge on any atom is -0.481 e. The van der Waals surface area contributed by atoms with Gasteiger partial charge in [0.25, 0.3) is 0 Å². The highest BCUT2D eigenvalue weighted by Crippen LogP contribution is 2.42. The first kappa shape index (κ1) is 17.1. The van der Waals surface area contributed by atoms with Crippen LogP contribution >= 0.6 is 0 Å². The molecule has 0 aliphatic carbocycles. The van der Waals surface area contributed by atoms with Crippen molar-refractivity contribution in [2.24, 2.45) is 0 Å². The maximum absolute atomic E-state index is 13.4. The van der Waals surface area contributed by atoms with E-state index < -0.39 is 11.4 Å². The Hall–Kier alpha value is -2.71. The predicted molar refractivity (Wildman–Crippen MR) is 89.5 cm³/mol. The topological polar surface area (TPSA) is 70.3 Å². The first-order chi connectivity index (χ1) is 12.0. The van der Waals surface area contributed by atoms with E-state index in [0.717, 1.165) is 16.7 Å². The number of halogens is 1. The molecule has 1 atom stereocenters. The van der Waals surface area contributed by atoms with Crippen molar-refractivity contribution in [3.05, 3.63) is 70.5 Å². The Kier molecular flexibility index (Phi) is 4.82. The lowest BCUT2D eigenvalue weighted by atomic mass is 9.69. The molecule has 0 aromatic heterocycles. The second-order valence-electron chi connectivity index (χ2n) is 6.31. The Balaban J connectivity index is 2.08. The molecule has 0 amide bonds. The van der Waals surface area contributed by atoms with Crippen molar-refractivity contribution in [3.8, 4) is 6.07 Å². The molecule has 4 nitrogen and oxygen atoms in total. The van der Waals surface area contributed by atoms with Crippen LogP contribution in [0, 0.1) is 17.1 Å². The zero-order chi connectivity index (χ0) is 17.9. The summed E-state index contributed by atoms with van der Waals surface area (Å²) < 4.78 is 19.2. The molecule has 0 saturated heterocycles. The quantitative estimate of drug-likeness (QED) is 0.900. The third-order valence-electron chi connectivity index (χ3n) is 4.75. The van der Waals surface area contributed by atoms with Gasteiger partial charge in [-0.05, 0) is 53.8 Å². The first-order valence-electron chi connectivity index (χ1n) is 8.14. The number of carboxylic acids is 1. The number of rotatable bonds is 5. The average molecular weight is 339 g/mol. The van der Waals surface area contributed by atoms with Crippen LogP contribution in [-0.4, -0.2) is 17.7 Å². The van der Waals surface area contributed by atoms with E-state index in [0.29, 0.717) is 31.6 Å². The largest absolute Gasteiger partial charge is 0.481 e. The van der Waals surface area contributed by atoms with Crippen LogP contribution in [0.2, 0.25) is 0 Å². The van der Waals surface area contributed by atoms with Crippen LogP contribution < -0.4 is 0 Å². The summed E-state index contributed by atoms with van der Waals surface area (Å²) in [7, 11) is 0. The summed E-state index contributed by atoms with van der Waals surface area (Å²) in [5.41, 5.74) is 2.86. The minimum atomic E-state index is -0.842. The van der Waals surface area contributed by atoms with Gasteiger partial charge < -0.3 is 9.84 Å². The molecular formula is C20H18FNO3. The monoisotopic (exact) mass is 339 g/mol. The van der Waals surface area contributed by atoms with Gasteiger partial charge in [0.15, 0.2) is 0 Å². The van der Waals surface area contributed by atoms with Crippen molar-refractivity contribution in [3.63, 3.8) is 0 Å². The molecule has 0 spiro atoms. The summed E-state index contributed by atoms with van der Waals surface area (Å²) in [5, 5.41) is 18.1. The summed E-state index contributed by atoms with van der Waals surface area (Å²) in [6, 6.07) is 13.9. The van der Waals surface area contributed by atoms with Crippen LogP contribution in [0.5, 0.6) is 0 Å². The van der Waals surface area contributed by atoms with Crippen LogP contribution in [0.15, 0.2) is 42.5 Å². The Morgan fingerprint density at radius 1 is 1.28 bits per heavy atom. The van der Waals surface area contributed by atoms with Crippen molar-refractivity contribution >= 4 is 5.97 Å². The molecule has 0 radical (unpaired) electrons. The number of hydrogen-bond donors (Lipinski definition) is 1. The van der Waals surface area contributed by atoms with Crippen LogP contribution in [0.3, 0.4) is 0 Å². The van der Waals surface area contributed by atoms with E-state index in [1.165, 1.54) is 12.1 Å². The maximum Gasteiger partial charge on any atom is 0.303 e. The highest BCUT2D eigenvalue weighted by molar-refractivity contribution is 5.66. The second kappa shape index (κ2) is 7.04. The fourth-order valence-corrected chi connectivity index (χ4v) is 3.56. The van der Waals surface area contributed by atoms with Gasteiger partial charge in [0, 0.05) is 11.8 Å². The lowest BCUT2D eigenvalue weighted by molar-refractivity contribution is -0.137. The molecule has 1 aliphatic rings. The first-order valence-corrected chi connectivity index (χ1v) is 8.14. The van der Waals surface area contributed by atoms with E-state index in [4.69, 9.17) is 15.1 Å². The number of carbonyl (C=O) groups is 1. The third-order valence-corrected chi connectivity index (χ3v) is 4.75. The molecule has 2 aromatic carbocycles. The number of aliphatic carboxylic acids is 1. The molecule has 0 fully saturated rings. The highest BCUT2D eigenvalue weighted by atomic mass is 19.1. The SMILES string of the molecule is N#Cc1ccc2c(c1)COCC2(CCCC(=O)O)c1ccc(F)cc1. The molecule has 128 valence electrons. The number of hydrogen-bond acceptors (Lipinski definition) is 3. The van der Waals surface area contributed by atoms with Gasteiger partial charge >= 0.3 is 5.97 Å². The molecule has 1 heterocycles. The highest BCUT2D eigenvalue weighted by Gasteiger charge is 2.39. The fourth-order valence-electron chi connectivity index (χ4n) is 3.56. The second-order valence-corrected chi connectivity index (χ2v) is 6.31. The molecule has 0 bridgehead atoms. The normalized spacial score (nSPS) is 19.0. The van der Waals surface area contributed by atoms with E-state index in [9.17, 15) is 9.18 Å². The van der Waals surface area contributed by atoms with E-state index in [2.05, 4.69) is 6.07 Å². The van der Waals surface area contributed by atoms with Crippen molar-refractivity contribution < 1.29 is 19.0 Å². The molecular weight excluding hydrogens is 321 g/mol. The van der Waals surface area contributed by atoms with Gasteiger partial charge in [-0.3, -0.25) is 4.79 Å². The van der Waals surface area contributed by atoms with E-state index in [-0.39, 0.29) is 12.2 Å². The zero-order valence-corrected chi connectivity index (χ0v) is 13.7. The fraction of sp³-hybridized carbons (Fsp3) is 0.300. The van der Waals surface area contributed by atoms with Crippen molar-refractivity contribution in [2.75, 3.05) is 6.61 Å². The van der Waals surface area contributed by atoms with Gasteiger partial charge in [-0.25, -0.2) is 4.39 Å². The Morgan fingerprint density at radius 2 is 2.04 bits per heavy atom. The zero-order valence-electron chi connectivity index (χ0n) is 13.7. The smallest absolute Gasteiger partial charge is 0.303 e. The molecule has 1 aliphatic heterocycles. The van der Waals surface area contributed by atoms with Gasteiger partial charge in [0.2, 0.25) is 0 Å². The van der Waals surface area contributed by atoms with Crippen molar-refractivity contribution in [2.45, 2.75) is 31.3 Å². The lowest BCUT2D eigenvalue weighted by Crippen LogP contribution is -2.38. The number of fused-ring (bicyclic) bond motifs is 1.